The summed E-state index contributed by atoms with van der Waals surface area (Å²) in [6.45, 7) is 5.44. The zero-order chi connectivity index (χ0) is 9.26. The smallest absolute Gasteiger partial charge is 0.0329 e. The van der Waals surface area contributed by atoms with Crippen molar-refractivity contribution in [2.45, 2.75) is 25.9 Å². The maximum absolute atomic E-state index is 5.72. The molecule has 0 spiro atoms. The summed E-state index contributed by atoms with van der Waals surface area (Å²) >= 11 is 1.93. The van der Waals surface area contributed by atoms with Gasteiger partial charge in [0.2, 0.25) is 0 Å². The summed E-state index contributed by atoms with van der Waals surface area (Å²) < 4.78 is 0. The lowest BCUT2D eigenvalue weighted by atomic mass is 10.1. The Morgan fingerprint density at radius 3 is 2.69 bits per heavy atom. The van der Waals surface area contributed by atoms with E-state index in [4.69, 9.17) is 5.73 Å². The van der Waals surface area contributed by atoms with Gasteiger partial charge in [-0.2, -0.15) is 0 Å². The van der Waals surface area contributed by atoms with Gasteiger partial charge < -0.3 is 5.73 Å². The molecule has 0 saturated carbocycles. The Kier molecular flexibility index (Phi) is 2.67. The molecule has 2 nitrogen and oxygen atoms in total. The summed E-state index contributed by atoms with van der Waals surface area (Å²) in [4.78, 5) is 5.36. The molecular formula is C10H16N2S. The molecule has 0 aliphatic carbocycles. The maximum atomic E-state index is 5.72. The van der Waals surface area contributed by atoms with E-state index in [1.54, 1.807) is 0 Å². The van der Waals surface area contributed by atoms with Crippen molar-refractivity contribution in [2.75, 3.05) is 13.1 Å². The van der Waals surface area contributed by atoms with Crippen LogP contribution in [0.5, 0.6) is 0 Å². The van der Waals surface area contributed by atoms with Gasteiger partial charge in [-0.1, -0.05) is 6.92 Å². The Bertz CT molecular complexity index is 276. The normalized spacial score (nSPS) is 18.9. The lowest BCUT2D eigenvalue weighted by Gasteiger charge is -2.36. The fourth-order valence-corrected chi connectivity index (χ4v) is 2.66. The van der Waals surface area contributed by atoms with Crippen LogP contribution in [0, 0.1) is 0 Å². The summed E-state index contributed by atoms with van der Waals surface area (Å²) in [5.74, 6) is 0. The number of nitrogens with two attached hydrogens (primary N) is 1. The summed E-state index contributed by atoms with van der Waals surface area (Å²) in [5, 5.41) is 0. The predicted octanol–water partition coefficient (Wildman–Crippen LogP) is 1.45. The van der Waals surface area contributed by atoms with Crippen molar-refractivity contribution < 1.29 is 0 Å². The molecule has 0 radical (unpaired) electrons. The van der Waals surface area contributed by atoms with Crippen molar-refractivity contribution in [3.8, 4) is 0 Å². The van der Waals surface area contributed by atoms with Crippen molar-refractivity contribution in [1.29, 1.82) is 0 Å². The van der Waals surface area contributed by atoms with E-state index < -0.39 is 0 Å². The van der Waals surface area contributed by atoms with Gasteiger partial charge >= 0.3 is 0 Å². The first-order valence-electron chi connectivity index (χ1n) is 4.83. The highest BCUT2D eigenvalue weighted by molar-refractivity contribution is 7.11. The summed E-state index contributed by atoms with van der Waals surface area (Å²) in [6.07, 6.45) is 1.16. The number of likely N-dealkylation sites (tertiary alicyclic amines) is 1. The highest BCUT2D eigenvalue weighted by atomic mass is 32.1. The number of rotatable bonds is 3. The molecule has 13 heavy (non-hydrogen) atoms. The SMILES string of the molecule is CCc1ccc(CN2CC(N)C2)s1. The van der Waals surface area contributed by atoms with Crippen LogP contribution in [-0.2, 0) is 13.0 Å². The van der Waals surface area contributed by atoms with Gasteiger partial charge in [-0.05, 0) is 18.6 Å². The zero-order valence-corrected chi connectivity index (χ0v) is 8.81. The van der Waals surface area contributed by atoms with Crippen LogP contribution < -0.4 is 5.73 Å². The van der Waals surface area contributed by atoms with Crippen LogP contribution in [0.4, 0.5) is 0 Å². The zero-order valence-electron chi connectivity index (χ0n) is 7.99. The summed E-state index contributed by atoms with van der Waals surface area (Å²) in [7, 11) is 0. The molecule has 1 fully saturated rings. The van der Waals surface area contributed by atoms with Gasteiger partial charge in [-0.3, -0.25) is 4.90 Å². The highest BCUT2D eigenvalue weighted by Gasteiger charge is 2.22. The standard InChI is InChI=1S/C10H16N2S/c1-2-9-3-4-10(13-9)7-12-5-8(11)6-12/h3-4,8H,2,5-7,11H2,1H3. The monoisotopic (exact) mass is 196 g/mol. The predicted molar refractivity (Wildman–Crippen MR) is 56.9 cm³/mol. The quantitative estimate of drug-likeness (QED) is 0.793. The molecule has 2 heterocycles. The Balaban J connectivity index is 1.87. The fraction of sp³-hybridized carbons (Fsp3) is 0.600. The maximum Gasteiger partial charge on any atom is 0.0329 e. The van der Waals surface area contributed by atoms with Gasteiger partial charge in [0, 0.05) is 35.4 Å². The summed E-state index contributed by atoms with van der Waals surface area (Å²) in [6, 6.07) is 4.90. The van der Waals surface area contributed by atoms with E-state index in [9.17, 15) is 0 Å². The van der Waals surface area contributed by atoms with Gasteiger partial charge in [0.15, 0.2) is 0 Å². The van der Waals surface area contributed by atoms with Gasteiger partial charge in [0.05, 0.1) is 0 Å². The third kappa shape index (κ3) is 2.10. The van der Waals surface area contributed by atoms with E-state index >= 15 is 0 Å². The lowest BCUT2D eigenvalue weighted by Crippen LogP contribution is -2.54. The average Bonchev–Trinajstić information content (AvgIpc) is 2.50. The van der Waals surface area contributed by atoms with Crippen molar-refractivity contribution in [2.24, 2.45) is 5.73 Å². The molecule has 1 aromatic rings. The van der Waals surface area contributed by atoms with E-state index in [-0.39, 0.29) is 0 Å². The van der Waals surface area contributed by atoms with Crippen molar-refractivity contribution in [3.05, 3.63) is 21.9 Å². The van der Waals surface area contributed by atoms with Gasteiger partial charge in [0.1, 0.15) is 0 Å². The molecule has 1 aliphatic rings. The molecule has 0 amide bonds. The minimum atomic E-state index is 0.422. The minimum absolute atomic E-state index is 0.422. The van der Waals surface area contributed by atoms with Crippen LogP contribution in [0.1, 0.15) is 16.7 Å². The molecule has 1 aromatic heterocycles. The van der Waals surface area contributed by atoms with Crippen molar-refractivity contribution in [3.63, 3.8) is 0 Å². The van der Waals surface area contributed by atoms with E-state index in [2.05, 4.69) is 24.0 Å². The minimum Gasteiger partial charge on any atom is -0.325 e. The highest BCUT2D eigenvalue weighted by Crippen LogP contribution is 2.20. The van der Waals surface area contributed by atoms with Crippen LogP contribution in [0.15, 0.2) is 12.1 Å². The van der Waals surface area contributed by atoms with Gasteiger partial charge in [-0.25, -0.2) is 0 Å². The topological polar surface area (TPSA) is 29.3 Å². The second-order valence-corrected chi connectivity index (χ2v) is 4.93. The molecule has 1 aliphatic heterocycles. The fourth-order valence-electron chi connectivity index (χ4n) is 1.66. The van der Waals surface area contributed by atoms with Gasteiger partial charge in [0.25, 0.3) is 0 Å². The molecule has 1 saturated heterocycles. The molecule has 2 rings (SSSR count). The van der Waals surface area contributed by atoms with Gasteiger partial charge in [-0.15, -0.1) is 11.3 Å². The Morgan fingerprint density at radius 1 is 1.46 bits per heavy atom. The molecule has 0 bridgehead atoms. The Hall–Kier alpha value is -0.380. The van der Waals surface area contributed by atoms with Crippen molar-refractivity contribution >= 4 is 11.3 Å². The Morgan fingerprint density at radius 2 is 2.15 bits per heavy atom. The van der Waals surface area contributed by atoms with Crippen LogP contribution in [0.2, 0.25) is 0 Å². The second-order valence-electron chi connectivity index (χ2n) is 3.68. The third-order valence-corrected chi connectivity index (χ3v) is 3.64. The first-order valence-corrected chi connectivity index (χ1v) is 5.65. The van der Waals surface area contributed by atoms with E-state index in [1.165, 1.54) is 9.75 Å². The van der Waals surface area contributed by atoms with E-state index in [0.717, 1.165) is 26.1 Å². The van der Waals surface area contributed by atoms with Crippen LogP contribution >= 0.6 is 11.3 Å². The number of hydrogen-bond acceptors (Lipinski definition) is 3. The second kappa shape index (κ2) is 3.78. The molecular weight excluding hydrogens is 180 g/mol. The van der Waals surface area contributed by atoms with Crippen LogP contribution in [0.25, 0.3) is 0 Å². The first-order chi connectivity index (χ1) is 6.28. The summed E-state index contributed by atoms with van der Waals surface area (Å²) in [5.41, 5.74) is 5.72. The molecule has 2 N–H and O–H groups in total. The van der Waals surface area contributed by atoms with Crippen molar-refractivity contribution in [1.82, 2.24) is 4.90 Å². The largest absolute Gasteiger partial charge is 0.325 e. The molecule has 0 unspecified atom stereocenters. The third-order valence-electron chi connectivity index (χ3n) is 2.43. The number of hydrogen-bond donors (Lipinski definition) is 1. The average molecular weight is 196 g/mol. The molecule has 72 valence electrons. The molecule has 0 atom stereocenters. The first kappa shape index (κ1) is 9.19. The lowest BCUT2D eigenvalue weighted by molar-refractivity contribution is 0.144. The van der Waals surface area contributed by atoms with E-state index in [0.29, 0.717) is 6.04 Å². The van der Waals surface area contributed by atoms with E-state index in [1.807, 2.05) is 11.3 Å². The molecule has 3 heteroatoms. The number of aryl methyl sites for hydroxylation is 1. The van der Waals surface area contributed by atoms with Crippen LogP contribution in [0.3, 0.4) is 0 Å². The Labute approximate surface area is 83.4 Å². The van der Waals surface area contributed by atoms with Crippen LogP contribution in [-0.4, -0.2) is 24.0 Å². The number of thiophene rings is 1. The number of nitrogens with zero attached hydrogens (tertiary/aromatic N) is 1. The molecule has 0 aromatic carbocycles.